The molecule has 1 aromatic carbocycles. The summed E-state index contributed by atoms with van der Waals surface area (Å²) in [6.07, 6.45) is 1.01. The van der Waals surface area contributed by atoms with Crippen LogP contribution in [0.2, 0.25) is 5.02 Å². The van der Waals surface area contributed by atoms with E-state index in [1.165, 1.54) is 7.11 Å². The summed E-state index contributed by atoms with van der Waals surface area (Å²) in [4.78, 5) is 28.7. The predicted octanol–water partition coefficient (Wildman–Crippen LogP) is 2.10. The van der Waals surface area contributed by atoms with Crippen molar-refractivity contribution in [3.63, 3.8) is 0 Å². The largest absolute Gasteiger partial charge is 0.468 e. The van der Waals surface area contributed by atoms with Gasteiger partial charge in [-0.3, -0.25) is 14.6 Å². The van der Waals surface area contributed by atoms with Crippen LogP contribution in [0, 0.1) is 0 Å². The third kappa shape index (κ3) is 7.59. The molecule has 7 nitrogen and oxygen atoms in total. The standard InChI is InChI=1S/C21H32ClN3O4/c1-16(2)29-14-6-9-23-19(26)15-24-10-12-25(13-11-24)20(21(27)28-3)17-7-4-5-8-18(17)22/h4-5,7-8,16,20H,6,9-15H2,1-3H3,(H,23,26)/t20-/m1/s1. The summed E-state index contributed by atoms with van der Waals surface area (Å²) in [5.41, 5.74) is 0.746. The van der Waals surface area contributed by atoms with Crippen LogP contribution in [0.15, 0.2) is 24.3 Å². The Balaban J connectivity index is 1.81. The van der Waals surface area contributed by atoms with Crippen LogP contribution < -0.4 is 5.32 Å². The quantitative estimate of drug-likeness (QED) is 0.457. The zero-order valence-electron chi connectivity index (χ0n) is 17.5. The second-order valence-corrected chi connectivity index (χ2v) is 7.79. The Morgan fingerprint density at radius 3 is 2.48 bits per heavy atom. The van der Waals surface area contributed by atoms with Crippen molar-refractivity contribution in [1.29, 1.82) is 0 Å². The van der Waals surface area contributed by atoms with Crippen molar-refractivity contribution in [2.75, 3.05) is 53.0 Å². The fourth-order valence-electron chi connectivity index (χ4n) is 3.34. The van der Waals surface area contributed by atoms with E-state index >= 15 is 0 Å². The number of piperazine rings is 1. The monoisotopic (exact) mass is 425 g/mol. The fraction of sp³-hybridized carbons (Fsp3) is 0.619. The minimum atomic E-state index is -0.536. The van der Waals surface area contributed by atoms with E-state index in [1.54, 1.807) is 6.07 Å². The van der Waals surface area contributed by atoms with Gasteiger partial charge in [0.15, 0.2) is 0 Å². The molecule has 0 saturated carbocycles. The van der Waals surface area contributed by atoms with Gasteiger partial charge in [-0.15, -0.1) is 0 Å². The van der Waals surface area contributed by atoms with E-state index in [9.17, 15) is 9.59 Å². The zero-order chi connectivity index (χ0) is 21.2. The van der Waals surface area contributed by atoms with Gasteiger partial charge in [0.05, 0.1) is 19.8 Å². The number of amides is 1. The molecule has 1 aliphatic heterocycles. The highest BCUT2D eigenvalue weighted by Crippen LogP contribution is 2.29. The molecule has 1 aromatic rings. The van der Waals surface area contributed by atoms with E-state index in [-0.39, 0.29) is 18.0 Å². The van der Waals surface area contributed by atoms with E-state index in [2.05, 4.69) is 15.1 Å². The lowest BCUT2D eigenvalue weighted by atomic mass is 10.0. The number of ether oxygens (including phenoxy) is 2. The van der Waals surface area contributed by atoms with Crippen LogP contribution in [0.1, 0.15) is 31.9 Å². The van der Waals surface area contributed by atoms with Crippen molar-refractivity contribution in [2.45, 2.75) is 32.4 Å². The molecule has 1 fully saturated rings. The second-order valence-electron chi connectivity index (χ2n) is 7.38. The highest BCUT2D eigenvalue weighted by Gasteiger charge is 2.32. The molecular weight excluding hydrogens is 394 g/mol. The number of benzene rings is 1. The van der Waals surface area contributed by atoms with E-state index in [0.717, 1.165) is 12.0 Å². The van der Waals surface area contributed by atoms with Crippen molar-refractivity contribution < 1.29 is 19.1 Å². The summed E-state index contributed by atoms with van der Waals surface area (Å²) < 4.78 is 10.5. The SMILES string of the molecule is COC(=O)[C@@H](c1ccccc1Cl)N1CCN(CC(=O)NCCCOC(C)C)CC1. The average molecular weight is 426 g/mol. The van der Waals surface area contributed by atoms with Crippen molar-refractivity contribution in [3.8, 4) is 0 Å². The van der Waals surface area contributed by atoms with Gasteiger partial charge in [0, 0.05) is 44.4 Å². The molecule has 0 aliphatic carbocycles. The van der Waals surface area contributed by atoms with Gasteiger partial charge in [-0.2, -0.15) is 0 Å². The molecule has 162 valence electrons. The molecule has 1 N–H and O–H groups in total. The molecule has 0 aromatic heterocycles. The number of rotatable bonds is 10. The zero-order valence-corrected chi connectivity index (χ0v) is 18.3. The summed E-state index contributed by atoms with van der Waals surface area (Å²) in [6.45, 7) is 8.30. The van der Waals surface area contributed by atoms with Gasteiger partial charge in [-0.25, -0.2) is 4.79 Å². The van der Waals surface area contributed by atoms with Crippen LogP contribution in [-0.2, 0) is 19.1 Å². The highest BCUT2D eigenvalue weighted by molar-refractivity contribution is 6.31. The van der Waals surface area contributed by atoms with Crippen molar-refractivity contribution >= 4 is 23.5 Å². The maximum atomic E-state index is 12.4. The molecule has 0 bridgehead atoms. The van der Waals surface area contributed by atoms with Gasteiger partial charge in [0.2, 0.25) is 5.91 Å². The summed E-state index contributed by atoms with van der Waals surface area (Å²) in [6, 6.07) is 6.80. The Hall–Kier alpha value is -1.67. The summed E-state index contributed by atoms with van der Waals surface area (Å²) in [5, 5.41) is 3.48. The van der Waals surface area contributed by atoms with E-state index in [1.807, 2.05) is 32.0 Å². The average Bonchev–Trinajstić information content (AvgIpc) is 2.70. The minimum absolute atomic E-state index is 0.0126. The summed E-state index contributed by atoms with van der Waals surface area (Å²) in [5.74, 6) is -0.313. The Morgan fingerprint density at radius 1 is 1.17 bits per heavy atom. The first kappa shape index (κ1) is 23.6. The first-order valence-electron chi connectivity index (χ1n) is 10.1. The summed E-state index contributed by atoms with van der Waals surface area (Å²) in [7, 11) is 1.39. The molecule has 1 saturated heterocycles. The molecular formula is C21H32ClN3O4. The maximum Gasteiger partial charge on any atom is 0.327 e. The van der Waals surface area contributed by atoms with Crippen LogP contribution in [0.4, 0.5) is 0 Å². The fourth-order valence-corrected chi connectivity index (χ4v) is 3.58. The van der Waals surface area contributed by atoms with Crippen LogP contribution >= 0.6 is 11.6 Å². The topological polar surface area (TPSA) is 71.1 Å². The lowest BCUT2D eigenvalue weighted by molar-refractivity contribution is -0.148. The normalized spacial score (nSPS) is 16.6. The third-order valence-electron chi connectivity index (χ3n) is 4.86. The van der Waals surface area contributed by atoms with Crippen LogP contribution in [0.25, 0.3) is 0 Å². The Kier molecular flexibility index (Phi) is 9.87. The van der Waals surface area contributed by atoms with Crippen LogP contribution in [0.3, 0.4) is 0 Å². The predicted molar refractivity (Wildman–Crippen MR) is 113 cm³/mol. The third-order valence-corrected chi connectivity index (χ3v) is 5.20. The molecule has 1 heterocycles. The number of methoxy groups -OCH3 is 1. The smallest absolute Gasteiger partial charge is 0.327 e. The lowest BCUT2D eigenvalue weighted by Gasteiger charge is -2.38. The van der Waals surface area contributed by atoms with E-state index in [0.29, 0.717) is 50.9 Å². The van der Waals surface area contributed by atoms with Crippen LogP contribution in [0.5, 0.6) is 0 Å². The number of carbonyl (C=O) groups is 2. The number of halogens is 1. The number of hydrogen-bond acceptors (Lipinski definition) is 6. The number of nitrogens with zero attached hydrogens (tertiary/aromatic N) is 2. The van der Waals surface area contributed by atoms with Crippen molar-refractivity contribution in [1.82, 2.24) is 15.1 Å². The molecule has 1 aliphatic rings. The van der Waals surface area contributed by atoms with Gasteiger partial charge >= 0.3 is 5.97 Å². The number of nitrogens with one attached hydrogen (secondary N) is 1. The van der Waals surface area contributed by atoms with Crippen LogP contribution in [-0.4, -0.2) is 80.8 Å². The van der Waals surface area contributed by atoms with Gasteiger partial charge in [-0.1, -0.05) is 29.8 Å². The Morgan fingerprint density at radius 2 is 1.86 bits per heavy atom. The number of esters is 1. The van der Waals surface area contributed by atoms with Gasteiger partial charge in [0.25, 0.3) is 0 Å². The first-order chi connectivity index (χ1) is 13.9. The molecule has 29 heavy (non-hydrogen) atoms. The number of carbonyl (C=O) groups excluding carboxylic acids is 2. The van der Waals surface area contributed by atoms with Crippen molar-refractivity contribution in [3.05, 3.63) is 34.9 Å². The lowest BCUT2D eigenvalue weighted by Crippen LogP contribution is -2.51. The van der Waals surface area contributed by atoms with Gasteiger partial charge in [0.1, 0.15) is 6.04 Å². The molecule has 1 atom stereocenters. The molecule has 1 amide bonds. The first-order valence-corrected chi connectivity index (χ1v) is 10.5. The maximum absolute atomic E-state index is 12.4. The van der Waals surface area contributed by atoms with Gasteiger partial charge < -0.3 is 14.8 Å². The highest BCUT2D eigenvalue weighted by atomic mass is 35.5. The Labute approximate surface area is 178 Å². The number of hydrogen-bond donors (Lipinski definition) is 1. The molecule has 0 radical (unpaired) electrons. The second kappa shape index (κ2) is 12.1. The van der Waals surface area contributed by atoms with Gasteiger partial charge in [-0.05, 0) is 31.9 Å². The molecule has 0 spiro atoms. The molecule has 0 unspecified atom stereocenters. The Bertz CT molecular complexity index is 663. The summed E-state index contributed by atoms with van der Waals surface area (Å²) >= 11 is 6.32. The van der Waals surface area contributed by atoms with Crippen molar-refractivity contribution in [2.24, 2.45) is 0 Å². The van der Waals surface area contributed by atoms with E-state index in [4.69, 9.17) is 21.1 Å². The molecule has 8 heteroatoms. The minimum Gasteiger partial charge on any atom is -0.468 e. The van der Waals surface area contributed by atoms with E-state index < -0.39 is 6.04 Å². The molecule has 2 rings (SSSR count).